The van der Waals surface area contributed by atoms with Gasteiger partial charge < -0.3 is 14.2 Å². The minimum atomic E-state index is -0.979. The lowest BCUT2D eigenvalue weighted by Gasteiger charge is -2.01. The van der Waals surface area contributed by atoms with Crippen molar-refractivity contribution in [1.29, 1.82) is 0 Å². The van der Waals surface area contributed by atoms with Gasteiger partial charge in [0.1, 0.15) is 5.69 Å². The fraction of sp³-hybridized carbons (Fsp3) is 0.444. The molecule has 1 heterocycles. The first-order chi connectivity index (χ1) is 12.8. The Morgan fingerprint density at radius 1 is 0.815 bits per heavy atom. The molecule has 0 amide bonds. The highest BCUT2D eigenvalue weighted by Gasteiger charge is 2.20. The van der Waals surface area contributed by atoms with Gasteiger partial charge in [-0.1, -0.05) is 6.07 Å². The van der Waals surface area contributed by atoms with E-state index in [4.69, 9.17) is 0 Å². The number of carbonyl (C=O) groups excluding carboxylic acids is 5. The third kappa shape index (κ3) is 9.83. The van der Waals surface area contributed by atoms with Crippen LogP contribution in [0.15, 0.2) is 18.3 Å². The van der Waals surface area contributed by atoms with E-state index in [0.717, 1.165) is 5.56 Å². The number of nitrogens with zero attached hydrogens (tertiary/aromatic N) is 1. The molecular formula is C18H23NO8. The Kier molecular flexibility index (Phi) is 11.6. The molecule has 0 fully saturated rings. The second kappa shape index (κ2) is 13.2. The van der Waals surface area contributed by atoms with Gasteiger partial charge in [0.05, 0.1) is 26.2 Å². The summed E-state index contributed by atoms with van der Waals surface area (Å²) in [6.07, 6.45) is 1.02. The molecule has 148 valence electrons. The van der Waals surface area contributed by atoms with E-state index in [1.807, 2.05) is 6.92 Å². The fourth-order valence-corrected chi connectivity index (χ4v) is 1.53. The lowest BCUT2D eigenvalue weighted by molar-refractivity contribution is -0.167. The van der Waals surface area contributed by atoms with Gasteiger partial charge in [-0.15, -0.1) is 0 Å². The Labute approximate surface area is 157 Å². The van der Waals surface area contributed by atoms with E-state index in [1.54, 1.807) is 26.8 Å². The van der Waals surface area contributed by atoms with Gasteiger partial charge in [0.2, 0.25) is 5.78 Å². The van der Waals surface area contributed by atoms with Crippen LogP contribution in [0, 0.1) is 6.92 Å². The standard InChI is InChI=1S/C12H13NO4.C6H10O4/c1-3-17-12(16)11(15)6-10(14)9-5-4-8(2)7-13-9;1-3-9-5(7)6(8)10-4-2/h4-5,7H,3,6H2,1-2H3;3-4H2,1-2H3. The third-order valence-corrected chi connectivity index (χ3v) is 2.74. The molecule has 0 aromatic carbocycles. The van der Waals surface area contributed by atoms with Crippen LogP contribution < -0.4 is 0 Å². The molecule has 0 atom stereocenters. The van der Waals surface area contributed by atoms with Crippen molar-refractivity contribution in [3.05, 3.63) is 29.6 Å². The van der Waals surface area contributed by atoms with Crippen LogP contribution >= 0.6 is 0 Å². The summed E-state index contributed by atoms with van der Waals surface area (Å²) < 4.78 is 13.2. The predicted octanol–water partition coefficient (Wildman–Crippen LogP) is 1.21. The van der Waals surface area contributed by atoms with Gasteiger partial charge >= 0.3 is 17.9 Å². The summed E-state index contributed by atoms with van der Waals surface area (Å²) in [7, 11) is 0. The highest BCUT2D eigenvalue weighted by molar-refractivity contribution is 6.38. The Hall–Kier alpha value is -3.10. The molecule has 0 radical (unpaired) electrons. The number of esters is 3. The van der Waals surface area contributed by atoms with E-state index in [2.05, 4.69) is 19.2 Å². The van der Waals surface area contributed by atoms with Crippen LogP contribution in [0.1, 0.15) is 43.2 Å². The number of rotatable bonds is 7. The number of Topliss-reactive ketones (excluding diaryl/α,β-unsaturated/α-hetero) is 2. The number of aromatic nitrogens is 1. The summed E-state index contributed by atoms with van der Waals surface area (Å²) in [4.78, 5) is 58.6. The molecule has 0 aliphatic heterocycles. The van der Waals surface area contributed by atoms with Crippen molar-refractivity contribution in [3.8, 4) is 0 Å². The zero-order valence-corrected chi connectivity index (χ0v) is 15.8. The Morgan fingerprint density at radius 2 is 1.30 bits per heavy atom. The smallest absolute Gasteiger partial charge is 0.417 e. The summed E-state index contributed by atoms with van der Waals surface area (Å²) in [5.74, 6) is -4.16. The first-order valence-electron chi connectivity index (χ1n) is 8.26. The Bertz CT molecular complexity index is 650. The minimum absolute atomic E-state index is 0.113. The van der Waals surface area contributed by atoms with Crippen molar-refractivity contribution >= 4 is 29.5 Å². The van der Waals surface area contributed by atoms with E-state index < -0.39 is 35.9 Å². The van der Waals surface area contributed by atoms with Crippen molar-refractivity contribution in [3.63, 3.8) is 0 Å². The van der Waals surface area contributed by atoms with Gasteiger partial charge in [-0.25, -0.2) is 14.4 Å². The molecule has 9 nitrogen and oxygen atoms in total. The van der Waals surface area contributed by atoms with Crippen LogP contribution in [-0.4, -0.2) is 54.3 Å². The van der Waals surface area contributed by atoms with E-state index >= 15 is 0 Å². The molecule has 0 aliphatic carbocycles. The molecule has 1 rings (SSSR count). The average molecular weight is 381 g/mol. The van der Waals surface area contributed by atoms with Crippen LogP contribution in [0.5, 0.6) is 0 Å². The van der Waals surface area contributed by atoms with Crippen molar-refractivity contribution in [1.82, 2.24) is 4.98 Å². The number of aryl methyl sites for hydroxylation is 1. The molecule has 0 saturated carbocycles. The number of hydrogen-bond acceptors (Lipinski definition) is 9. The summed E-state index contributed by atoms with van der Waals surface area (Å²) in [6, 6.07) is 3.24. The normalized spacial score (nSPS) is 9.33. The molecule has 1 aromatic rings. The highest BCUT2D eigenvalue weighted by Crippen LogP contribution is 2.03. The predicted molar refractivity (Wildman–Crippen MR) is 92.8 cm³/mol. The SMILES string of the molecule is CCOC(=O)C(=O)CC(=O)c1ccc(C)cn1.CCOC(=O)C(=O)OCC. The van der Waals surface area contributed by atoms with Crippen molar-refractivity contribution in [2.45, 2.75) is 34.1 Å². The van der Waals surface area contributed by atoms with Crippen LogP contribution in [-0.2, 0) is 33.4 Å². The van der Waals surface area contributed by atoms with Gasteiger partial charge in [-0.05, 0) is 39.3 Å². The number of ether oxygens (including phenoxy) is 3. The topological polar surface area (TPSA) is 126 Å². The van der Waals surface area contributed by atoms with Crippen LogP contribution in [0.3, 0.4) is 0 Å². The largest absolute Gasteiger partial charge is 0.460 e. The molecule has 0 aliphatic rings. The second-order valence-electron chi connectivity index (χ2n) is 4.91. The van der Waals surface area contributed by atoms with E-state index in [9.17, 15) is 24.0 Å². The van der Waals surface area contributed by atoms with Gasteiger partial charge in [-0.2, -0.15) is 0 Å². The van der Waals surface area contributed by atoms with Gasteiger partial charge in [-0.3, -0.25) is 14.6 Å². The Balaban J connectivity index is 0.000000580. The third-order valence-electron chi connectivity index (χ3n) is 2.74. The number of ketones is 2. The molecule has 0 bridgehead atoms. The molecule has 0 saturated heterocycles. The molecule has 27 heavy (non-hydrogen) atoms. The molecule has 1 aromatic heterocycles. The summed E-state index contributed by atoms with van der Waals surface area (Å²) in [5, 5.41) is 0. The summed E-state index contributed by atoms with van der Waals surface area (Å²) in [5.41, 5.74) is 1.09. The van der Waals surface area contributed by atoms with E-state index in [1.165, 1.54) is 12.3 Å². The maximum atomic E-state index is 11.6. The first-order valence-corrected chi connectivity index (χ1v) is 8.26. The molecule has 9 heteroatoms. The van der Waals surface area contributed by atoms with Crippen LogP contribution in [0.25, 0.3) is 0 Å². The lowest BCUT2D eigenvalue weighted by atomic mass is 10.1. The first kappa shape index (κ1) is 23.9. The maximum Gasteiger partial charge on any atom is 0.417 e. The van der Waals surface area contributed by atoms with E-state index in [-0.39, 0.29) is 25.5 Å². The zero-order valence-electron chi connectivity index (χ0n) is 15.8. The maximum absolute atomic E-state index is 11.6. The lowest BCUT2D eigenvalue weighted by Crippen LogP contribution is -2.21. The van der Waals surface area contributed by atoms with Crippen LogP contribution in [0.4, 0.5) is 0 Å². The quantitative estimate of drug-likeness (QED) is 0.225. The number of hydrogen-bond donors (Lipinski definition) is 0. The number of carbonyl (C=O) groups is 5. The fourth-order valence-electron chi connectivity index (χ4n) is 1.53. The molecular weight excluding hydrogens is 358 g/mol. The summed E-state index contributed by atoms with van der Waals surface area (Å²) >= 11 is 0. The van der Waals surface area contributed by atoms with E-state index in [0.29, 0.717) is 0 Å². The monoisotopic (exact) mass is 381 g/mol. The van der Waals surface area contributed by atoms with Crippen molar-refractivity contribution in [2.75, 3.05) is 19.8 Å². The van der Waals surface area contributed by atoms with Gasteiger partial charge in [0.25, 0.3) is 0 Å². The summed E-state index contributed by atoms with van der Waals surface area (Å²) in [6.45, 7) is 7.17. The average Bonchev–Trinajstić information content (AvgIpc) is 2.63. The van der Waals surface area contributed by atoms with Gasteiger partial charge in [0.15, 0.2) is 5.78 Å². The van der Waals surface area contributed by atoms with Crippen LogP contribution in [0.2, 0.25) is 0 Å². The second-order valence-corrected chi connectivity index (χ2v) is 4.91. The van der Waals surface area contributed by atoms with Crippen molar-refractivity contribution < 1.29 is 38.2 Å². The Morgan fingerprint density at radius 3 is 1.70 bits per heavy atom. The number of pyridine rings is 1. The zero-order chi connectivity index (χ0) is 20.8. The molecule has 0 spiro atoms. The minimum Gasteiger partial charge on any atom is -0.460 e. The van der Waals surface area contributed by atoms with Crippen molar-refractivity contribution in [2.24, 2.45) is 0 Å². The highest BCUT2D eigenvalue weighted by atomic mass is 16.6. The molecule has 0 unspecified atom stereocenters. The molecule has 0 N–H and O–H groups in total. The van der Waals surface area contributed by atoms with Gasteiger partial charge in [0, 0.05) is 6.20 Å².